The van der Waals surface area contributed by atoms with Gasteiger partial charge >= 0.3 is 0 Å². The summed E-state index contributed by atoms with van der Waals surface area (Å²) in [5.41, 5.74) is 0. The summed E-state index contributed by atoms with van der Waals surface area (Å²) in [6.07, 6.45) is 8.13. The van der Waals surface area contributed by atoms with Gasteiger partial charge in [0.05, 0.1) is 19.6 Å². The average molecular weight is 211 g/mol. The van der Waals surface area contributed by atoms with Gasteiger partial charge in [-0.2, -0.15) is 5.26 Å². The second-order valence-electron chi connectivity index (χ2n) is 4.61. The Morgan fingerprint density at radius 1 is 1.00 bits per heavy atom. The number of rotatable bonds is 1. The number of thioether (sulfide) groups is 1. The third-order valence-electron chi connectivity index (χ3n) is 3.81. The van der Waals surface area contributed by atoms with Crippen LogP contribution in [0.2, 0.25) is 0 Å². The van der Waals surface area contributed by atoms with Gasteiger partial charge in [-0.1, -0.05) is 0 Å². The van der Waals surface area contributed by atoms with Crippen molar-refractivity contribution >= 4 is 11.8 Å². The third-order valence-corrected chi connectivity index (χ3v) is 4.87. The smallest absolute Gasteiger partial charge is 0.149 e. The quantitative estimate of drug-likeness (QED) is 0.492. The van der Waals surface area contributed by atoms with Crippen molar-refractivity contribution in [1.82, 2.24) is 0 Å². The molecule has 0 aromatic heterocycles. The predicted molar refractivity (Wildman–Crippen MR) is 59.6 cm³/mol. The molecule has 2 nitrogen and oxygen atoms in total. The third kappa shape index (κ3) is 1.92. The molecule has 0 aromatic rings. The number of nitrogens with zero attached hydrogens (tertiary/aromatic N) is 2. The molecule has 78 valence electrons. The Hall–Kier alpha value is -0.200. The zero-order valence-electron chi connectivity index (χ0n) is 8.74. The van der Waals surface area contributed by atoms with E-state index in [2.05, 4.69) is 5.40 Å². The van der Waals surface area contributed by atoms with Crippen molar-refractivity contribution in [2.45, 2.75) is 43.9 Å². The molecular weight excluding hydrogens is 192 g/mol. The summed E-state index contributed by atoms with van der Waals surface area (Å²) in [6.45, 7) is 4.00. The molecule has 2 heterocycles. The Kier molecular flexibility index (Phi) is 3.35. The van der Waals surface area contributed by atoms with Crippen LogP contribution in [-0.4, -0.2) is 29.5 Å². The van der Waals surface area contributed by atoms with E-state index in [0.717, 1.165) is 0 Å². The number of hydrogen-bond donors (Lipinski definition) is 0. The first-order valence-corrected chi connectivity index (χ1v) is 6.66. The fraction of sp³-hybridized carbons (Fsp3) is 0.909. The molecule has 2 fully saturated rings. The van der Waals surface area contributed by atoms with Crippen LogP contribution in [0.4, 0.5) is 0 Å². The van der Waals surface area contributed by atoms with Crippen LogP contribution in [0.15, 0.2) is 0 Å². The average Bonchev–Trinajstić information content (AvgIpc) is 2.23. The highest BCUT2D eigenvalue weighted by atomic mass is 32.2. The summed E-state index contributed by atoms with van der Waals surface area (Å²) in [5.74, 6) is 0. The van der Waals surface area contributed by atoms with Gasteiger partial charge in [0.1, 0.15) is 10.8 Å². The van der Waals surface area contributed by atoms with Gasteiger partial charge in [-0.25, -0.2) is 0 Å². The standard InChI is InChI=1S/C11H19N2S/c12-10-14-11-6-2-5-9-13(11)7-3-1-4-8-13/h11H,1-9H2/q+1. The first-order chi connectivity index (χ1) is 6.87. The van der Waals surface area contributed by atoms with Gasteiger partial charge in [0.15, 0.2) is 0 Å². The van der Waals surface area contributed by atoms with E-state index in [1.807, 2.05) is 0 Å². The van der Waals surface area contributed by atoms with E-state index in [1.54, 1.807) is 0 Å². The first kappa shape index (κ1) is 10.3. The maximum atomic E-state index is 8.84. The van der Waals surface area contributed by atoms with Crippen LogP contribution in [0.25, 0.3) is 0 Å². The Labute approximate surface area is 90.9 Å². The van der Waals surface area contributed by atoms with E-state index >= 15 is 0 Å². The Balaban J connectivity index is 2.07. The lowest BCUT2D eigenvalue weighted by atomic mass is 10.0. The number of piperidine rings is 2. The largest absolute Gasteiger partial charge is 0.312 e. The highest BCUT2D eigenvalue weighted by molar-refractivity contribution is 8.04. The zero-order chi connectivity index (χ0) is 9.86. The molecule has 3 heteroatoms. The lowest BCUT2D eigenvalue weighted by Gasteiger charge is -2.48. The van der Waals surface area contributed by atoms with Crippen LogP contribution >= 0.6 is 11.8 Å². The summed E-state index contributed by atoms with van der Waals surface area (Å²) < 4.78 is 1.26. The molecule has 2 saturated heterocycles. The van der Waals surface area contributed by atoms with Crippen LogP contribution in [0, 0.1) is 10.7 Å². The lowest BCUT2D eigenvalue weighted by Crippen LogP contribution is -2.59. The molecule has 0 aromatic carbocycles. The van der Waals surface area contributed by atoms with Crippen LogP contribution in [-0.2, 0) is 0 Å². The Morgan fingerprint density at radius 2 is 1.64 bits per heavy atom. The lowest BCUT2D eigenvalue weighted by molar-refractivity contribution is -0.946. The fourth-order valence-electron chi connectivity index (χ4n) is 3.05. The second kappa shape index (κ2) is 4.55. The van der Waals surface area contributed by atoms with Crippen molar-refractivity contribution in [3.63, 3.8) is 0 Å². The molecule has 0 amide bonds. The summed E-state index contributed by atoms with van der Waals surface area (Å²) in [4.78, 5) is 0. The molecule has 2 aliphatic heterocycles. The summed E-state index contributed by atoms with van der Waals surface area (Å²) in [7, 11) is 0. The van der Waals surface area contributed by atoms with Gasteiger partial charge < -0.3 is 4.48 Å². The zero-order valence-corrected chi connectivity index (χ0v) is 9.56. The minimum Gasteiger partial charge on any atom is -0.312 e. The number of nitriles is 1. The highest BCUT2D eigenvalue weighted by Crippen LogP contribution is 2.36. The van der Waals surface area contributed by atoms with Gasteiger partial charge in [-0.15, -0.1) is 0 Å². The molecule has 2 aliphatic rings. The Morgan fingerprint density at radius 3 is 2.29 bits per heavy atom. The van der Waals surface area contributed by atoms with Crippen molar-refractivity contribution in [3.05, 3.63) is 0 Å². The molecule has 0 N–H and O–H groups in total. The maximum Gasteiger partial charge on any atom is 0.149 e. The molecule has 0 bridgehead atoms. The van der Waals surface area contributed by atoms with Gasteiger partial charge in [0, 0.05) is 18.2 Å². The predicted octanol–water partition coefficient (Wildman–Crippen LogP) is 2.71. The first-order valence-electron chi connectivity index (χ1n) is 5.78. The molecular formula is C11H19N2S+. The summed E-state index contributed by atoms with van der Waals surface area (Å²) >= 11 is 1.54. The van der Waals surface area contributed by atoms with Gasteiger partial charge in [-0.3, -0.25) is 0 Å². The van der Waals surface area contributed by atoms with Crippen LogP contribution in [0.3, 0.4) is 0 Å². The van der Waals surface area contributed by atoms with E-state index in [4.69, 9.17) is 5.26 Å². The van der Waals surface area contributed by atoms with Gasteiger partial charge in [-0.05, 0) is 32.1 Å². The normalized spacial score (nSPS) is 31.2. The maximum absolute atomic E-state index is 8.84. The number of quaternary nitrogens is 1. The van der Waals surface area contributed by atoms with Crippen molar-refractivity contribution in [2.75, 3.05) is 19.6 Å². The van der Waals surface area contributed by atoms with E-state index in [9.17, 15) is 0 Å². The highest BCUT2D eigenvalue weighted by Gasteiger charge is 2.40. The number of hydrogen-bond acceptors (Lipinski definition) is 2. The van der Waals surface area contributed by atoms with E-state index < -0.39 is 0 Å². The van der Waals surface area contributed by atoms with Crippen molar-refractivity contribution < 1.29 is 4.48 Å². The minimum absolute atomic E-state index is 0.592. The number of thiocyanates is 1. The summed E-state index contributed by atoms with van der Waals surface area (Å²) in [5, 5.41) is 11.7. The van der Waals surface area contributed by atoms with Crippen LogP contribution in [0.5, 0.6) is 0 Å². The molecule has 0 radical (unpaired) electrons. The molecule has 1 atom stereocenters. The topological polar surface area (TPSA) is 23.8 Å². The monoisotopic (exact) mass is 211 g/mol. The summed E-state index contributed by atoms with van der Waals surface area (Å²) in [6, 6.07) is 0. The molecule has 2 rings (SSSR count). The molecule has 0 saturated carbocycles. The molecule has 14 heavy (non-hydrogen) atoms. The van der Waals surface area contributed by atoms with Gasteiger partial charge in [0.25, 0.3) is 0 Å². The molecule has 0 aliphatic carbocycles. The Bertz CT molecular complexity index is 220. The van der Waals surface area contributed by atoms with Crippen molar-refractivity contribution in [1.29, 1.82) is 5.26 Å². The van der Waals surface area contributed by atoms with E-state index in [-0.39, 0.29) is 0 Å². The van der Waals surface area contributed by atoms with E-state index in [0.29, 0.717) is 5.37 Å². The minimum atomic E-state index is 0.592. The van der Waals surface area contributed by atoms with Crippen LogP contribution < -0.4 is 0 Å². The SMILES string of the molecule is N#CSC1CCCC[N+]12CCCCC2. The van der Waals surface area contributed by atoms with Crippen molar-refractivity contribution in [2.24, 2.45) is 0 Å². The van der Waals surface area contributed by atoms with Crippen molar-refractivity contribution in [3.8, 4) is 5.40 Å². The van der Waals surface area contributed by atoms with E-state index in [1.165, 1.54) is 74.4 Å². The van der Waals surface area contributed by atoms with Crippen LogP contribution in [0.1, 0.15) is 38.5 Å². The van der Waals surface area contributed by atoms with Gasteiger partial charge in [0.2, 0.25) is 0 Å². The second-order valence-corrected chi connectivity index (χ2v) is 5.57. The molecule has 1 spiro atoms. The fourth-order valence-corrected chi connectivity index (χ4v) is 3.99. The molecule has 1 unspecified atom stereocenters.